The lowest BCUT2D eigenvalue weighted by Gasteiger charge is -2.27. The van der Waals surface area contributed by atoms with Crippen LogP contribution in [0.25, 0.3) is 11.3 Å². The molecule has 0 saturated carbocycles. The van der Waals surface area contributed by atoms with Gasteiger partial charge in [0.05, 0.1) is 24.9 Å². The van der Waals surface area contributed by atoms with E-state index in [0.29, 0.717) is 31.6 Å². The van der Waals surface area contributed by atoms with E-state index in [0.717, 1.165) is 34.0 Å². The first-order chi connectivity index (χ1) is 18.0. The lowest BCUT2D eigenvalue weighted by atomic mass is 10.1. The van der Waals surface area contributed by atoms with E-state index in [1.54, 1.807) is 17.0 Å². The number of fused-ring (bicyclic) bond motifs is 1. The Morgan fingerprint density at radius 1 is 0.973 bits per heavy atom. The Labute approximate surface area is 216 Å². The molecule has 0 saturated heterocycles. The van der Waals surface area contributed by atoms with Crippen LogP contribution in [-0.4, -0.2) is 27.7 Å². The van der Waals surface area contributed by atoms with Crippen LogP contribution in [0.4, 0.5) is 5.82 Å². The highest BCUT2D eigenvalue weighted by molar-refractivity contribution is 5.95. The van der Waals surface area contributed by atoms with Crippen LogP contribution in [0.15, 0.2) is 84.9 Å². The number of nitrogens with zero attached hydrogens (tertiary/aromatic N) is 3. The zero-order chi connectivity index (χ0) is 25.8. The number of hydrogen-bond donors (Lipinski definition) is 1. The fourth-order valence-electron chi connectivity index (χ4n) is 4.36. The summed E-state index contributed by atoms with van der Waals surface area (Å²) in [6, 6.07) is 27.0. The van der Waals surface area contributed by atoms with E-state index in [1.807, 2.05) is 91.3 Å². The quantitative estimate of drug-likeness (QED) is 0.365. The first kappa shape index (κ1) is 24.3. The van der Waals surface area contributed by atoms with Crippen molar-refractivity contribution in [3.05, 3.63) is 102 Å². The molecule has 7 heteroatoms. The van der Waals surface area contributed by atoms with Crippen molar-refractivity contribution in [1.29, 1.82) is 0 Å². The van der Waals surface area contributed by atoms with Crippen molar-refractivity contribution in [2.24, 2.45) is 0 Å². The first-order valence-corrected chi connectivity index (χ1v) is 12.5. The van der Waals surface area contributed by atoms with Gasteiger partial charge in [-0.05, 0) is 49.2 Å². The van der Waals surface area contributed by atoms with Gasteiger partial charge < -0.3 is 10.1 Å². The van der Waals surface area contributed by atoms with Crippen LogP contribution in [0.3, 0.4) is 0 Å². The monoisotopic (exact) mass is 494 g/mol. The Bertz CT molecular complexity index is 1380. The molecule has 37 heavy (non-hydrogen) atoms. The number of hydrogen-bond acceptors (Lipinski definition) is 4. The molecule has 1 N–H and O–H groups in total. The predicted octanol–water partition coefficient (Wildman–Crippen LogP) is 5.20. The van der Waals surface area contributed by atoms with Gasteiger partial charge in [0.15, 0.2) is 0 Å². The maximum absolute atomic E-state index is 12.8. The van der Waals surface area contributed by atoms with Crippen LogP contribution in [-0.2, 0) is 24.4 Å². The van der Waals surface area contributed by atoms with Crippen LogP contribution in [0, 0.1) is 0 Å². The van der Waals surface area contributed by atoms with Crippen molar-refractivity contribution in [3.8, 4) is 17.0 Å². The third-order valence-electron chi connectivity index (χ3n) is 6.25. The molecular weight excluding hydrogens is 464 g/mol. The third kappa shape index (κ3) is 5.72. The van der Waals surface area contributed by atoms with Crippen LogP contribution < -0.4 is 15.0 Å². The third-order valence-corrected chi connectivity index (χ3v) is 6.25. The average molecular weight is 495 g/mol. The van der Waals surface area contributed by atoms with E-state index in [9.17, 15) is 9.59 Å². The minimum Gasteiger partial charge on any atom is -0.491 e. The Hall–Kier alpha value is -4.39. The van der Waals surface area contributed by atoms with Crippen molar-refractivity contribution in [2.75, 3.05) is 4.90 Å². The Balaban J connectivity index is 1.22. The van der Waals surface area contributed by atoms with E-state index in [2.05, 4.69) is 5.32 Å². The Morgan fingerprint density at radius 3 is 2.38 bits per heavy atom. The van der Waals surface area contributed by atoms with Gasteiger partial charge in [-0.1, -0.05) is 54.6 Å². The summed E-state index contributed by atoms with van der Waals surface area (Å²) in [6.07, 6.45) is 0.532. The Kier molecular flexibility index (Phi) is 7.03. The summed E-state index contributed by atoms with van der Waals surface area (Å²) in [5.41, 5.74) is 4.39. The van der Waals surface area contributed by atoms with Crippen LogP contribution in [0.5, 0.6) is 5.75 Å². The highest BCUT2D eigenvalue weighted by Gasteiger charge is 2.26. The van der Waals surface area contributed by atoms with Crippen LogP contribution >= 0.6 is 0 Å². The number of amides is 2. The number of carbonyl (C=O) groups is 2. The summed E-state index contributed by atoms with van der Waals surface area (Å²) in [7, 11) is 0. The van der Waals surface area contributed by atoms with Gasteiger partial charge in [-0.25, -0.2) is 4.68 Å². The number of aryl methyl sites for hydroxylation is 1. The fraction of sp³-hybridized carbons (Fsp3) is 0.233. The molecule has 0 unspecified atom stereocenters. The highest BCUT2D eigenvalue weighted by Crippen LogP contribution is 2.29. The number of benzene rings is 3. The zero-order valence-corrected chi connectivity index (χ0v) is 21.1. The molecular formula is C30H30N4O3. The van der Waals surface area contributed by atoms with Gasteiger partial charge >= 0.3 is 0 Å². The SMILES string of the molecule is CC(C)Oc1ccc(CNC(=O)c2ccc(CN3C(=O)CCn4nc(-c5ccccc5)cc43)cc2)cc1. The van der Waals surface area contributed by atoms with Crippen molar-refractivity contribution in [2.45, 2.75) is 46.0 Å². The van der Waals surface area contributed by atoms with Crippen LogP contribution in [0.1, 0.15) is 41.8 Å². The standard InChI is InChI=1S/C30H30N4O3/c1-21(2)37-26-14-10-22(11-15-26)19-31-30(36)25-12-8-23(9-13-25)20-33-28-18-27(24-6-4-3-5-7-24)32-34(28)17-16-29(33)35/h3-15,18,21H,16-17,19-20H2,1-2H3,(H,31,36). The predicted molar refractivity (Wildman–Crippen MR) is 143 cm³/mol. The average Bonchev–Trinajstić information content (AvgIpc) is 3.35. The maximum Gasteiger partial charge on any atom is 0.251 e. The number of aromatic nitrogens is 2. The molecule has 3 aromatic carbocycles. The number of rotatable bonds is 8. The second-order valence-corrected chi connectivity index (χ2v) is 9.40. The maximum atomic E-state index is 12.8. The van der Waals surface area contributed by atoms with Gasteiger partial charge in [-0.15, -0.1) is 0 Å². The molecule has 0 spiro atoms. The van der Waals surface area contributed by atoms with Gasteiger partial charge in [0.2, 0.25) is 5.91 Å². The number of anilines is 1. The summed E-state index contributed by atoms with van der Waals surface area (Å²) >= 11 is 0. The van der Waals surface area contributed by atoms with Gasteiger partial charge in [0.25, 0.3) is 5.91 Å². The summed E-state index contributed by atoms with van der Waals surface area (Å²) in [5, 5.41) is 7.67. The molecule has 5 rings (SSSR count). The van der Waals surface area contributed by atoms with Gasteiger partial charge in [0, 0.05) is 30.2 Å². The van der Waals surface area contributed by atoms with E-state index < -0.39 is 0 Å². The second kappa shape index (κ2) is 10.7. The van der Waals surface area contributed by atoms with Crippen molar-refractivity contribution >= 4 is 17.6 Å². The van der Waals surface area contributed by atoms with E-state index >= 15 is 0 Å². The molecule has 0 radical (unpaired) electrons. The molecule has 188 valence electrons. The smallest absolute Gasteiger partial charge is 0.251 e. The fourth-order valence-corrected chi connectivity index (χ4v) is 4.36. The van der Waals surface area contributed by atoms with Crippen LogP contribution in [0.2, 0.25) is 0 Å². The summed E-state index contributed by atoms with van der Waals surface area (Å²) in [6.45, 7) is 5.40. The zero-order valence-electron chi connectivity index (χ0n) is 21.1. The van der Waals surface area contributed by atoms with Crippen molar-refractivity contribution in [3.63, 3.8) is 0 Å². The number of carbonyl (C=O) groups excluding carboxylic acids is 2. The summed E-state index contributed by atoms with van der Waals surface area (Å²) in [4.78, 5) is 27.2. The molecule has 2 amide bonds. The van der Waals surface area contributed by atoms with E-state index in [4.69, 9.17) is 9.84 Å². The van der Waals surface area contributed by atoms with Gasteiger partial charge in [-0.3, -0.25) is 14.5 Å². The molecule has 1 aliphatic rings. The molecule has 4 aromatic rings. The molecule has 0 fully saturated rings. The molecule has 2 heterocycles. The summed E-state index contributed by atoms with van der Waals surface area (Å²) < 4.78 is 7.56. The molecule has 0 aliphatic carbocycles. The lowest BCUT2D eigenvalue weighted by molar-refractivity contribution is -0.119. The molecule has 1 aromatic heterocycles. The molecule has 1 aliphatic heterocycles. The Morgan fingerprint density at radius 2 is 1.68 bits per heavy atom. The molecule has 7 nitrogen and oxygen atoms in total. The largest absolute Gasteiger partial charge is 0.491 e. The number of nitrogens with one attached hydrogen (secondary N) is 1. The van der Waals surface area contributed by atoms with Crippen molar-refractivity contribution in [1.82, 2.24) is 15.1 Å². The molecule has 0 bridgehead atoms. The van der Waals surface area contributed by atoms with Gasteiger partial charge in [0.1, 0.15) is 11.6 Å². The minimum absolute atomic E-state index is 0.0682. The minimum atomic E-state index is -0.145. The molecule has 0 atom stereocenters. The van der Waals surface area contributed by atoms with Gasteiger partial charge in [-0.2, -0.15) is 5.10 Å². The summed E-state index contributed by atoms with van der Waals surface area (Å²) in [5.74, 6) is 1.53. The second-order valence-electron chi connectivity index (χ2n) is 9.40. The van der Waals surface area contributed by atoms with Crippen molar-refractivity contribution < 1.29 is 14.3 Å². The lowest BCUT2D eigenvalue weighted by Crippen LogP contribution is -2.36. The first-order valence-electron chi connectivity index (χ1n) is 12.5. The normalized spacial score (nSPS) is 12.9. The number of ether oxygens (including phenoxy) is 1. The highest BCUT2D eigenvalue weighted by atomic mass is 16.5. The topological polar surface area (TPSA) is 76.5 Å². The van der Waals surface area contributed by atoms with E-state index in [1.165, 1.54) is 0 Å². The van der Waals surface area contributed by atoms with E-state index in [-0.39, 0.29) is 17.9 Å².